The van der Waals surface area contributed by atoms with Crippen LogP contribution in [0.4, 0.5) is 0 Å². The Morgan fingerprint density at radius 2 is 2.10 bits per heavy atom. The molecule has 2 fully saturated rings. The van der Waals surface area contributed by atoms with E-state index in [1.54, 1.807) is 0 Å². The molecule has 2 aliphatic rings. The summed E-state index contributed by atoms with van der Waals surface area (Å²) in [7, 11) is 0. The Hall–Kier alpha value is -1.88. The Kier molecular flexibility index (Phi) is 4.20. The van der Waals surface area contributed by atoms with Crippen molar-refractivity contribution in [3.05, 3.63) is 35.9 Å². The van der Waals surface area contributed by atoms with Crippen LogP contribution < -0.4 is 10.6 Å². The average molecular weight is 287 g/mol. The SMILES string of the molecule is O=C(NC1CCN(Cc2ccccc2)C1=O)C1CCCN1. The minimum Gasteiger partial charge on any atom is -0.343 e. The van der Waals surface area contributed by atoms with E-state index in [0.29, 0.717) is 19.5 Å². The molecular formula is C16H21N3O2. The second kappa shape index (κ2) is 6.26. The predicted octanol–water partition coefficient (Wildman–Crippen LogP) is 0.656. The summed E-state index contributed by atoms with van der Waals surface area (Å²) in [6, 6.07) is 9.46. The van der Waals surface area contributed by atoms with E-state index in [1.165, 1.54) is 0 Å². The number of benzene rings is 1. The molecule has 2 atom stereocenters. The molecule has 3 rings (SSSR count). The van der Waals surface area contributed by atoms with Gasteiger partial charge in [0, 0.05) is 13.1 Å². The van der Waals surface area contributed by atoms with Crippen LogP contribution in [-0.4, -0.2) is 41.9 Å². The van der Waals surface area contributed by atoms with Crippen LogP contribution in [0.5, 0.6) is 0 Å². The van der Waals surface area contributed by atoms with Crippen LogP contribution in [0.2, 0.25) is 0 Å². The summed E-state index contributed by atoms with van der Waals surface area (Å²) in [4.78, 5) is 26.2. The molecule has 0 aliphatic carbocycles. The number of hydrogen-bond acceptors (Lipinski definition) is 3. The molecule has 1 aromatic rings. The van der Waals surface area contributed by atoms with Crippen molar-refractivity contribution in [1.82, 2.24) is 15.5 Å². The number of nitrogens with one attached hydrogen (secondary N) is 2. The van der Waals surface area contributed by atoms with Crippen molar-refractivity contribution in [3.8, 4) is 0 Å². The molecule has 2 amide bonds. The van der Waals surface area contributed by atoms with Gasteiger partial charge in [-0.2, -0.15) is 0 Å². The number of carbonyl (C=O) groups excluding carboxylic acids is 2. The lowest BCUT2D eigenvalue weighted by Crippen LogP contribution is -2.48. The molecule has 2 saturated heterocycles. The largest absolute Gasteiger partial charge is 0.343 e. The topological polar surface area (TPSA) is 61.4 Å². The van der Waals surface area contributed by atoms with Gasteiger partial charge in [-0.3, -0.25) is 9.59 Å². The maximum Gasteiger partial charge on any atom is 0.245 e. The minimum atomic E-state index is -0.358. The van der Waals surface area contributed by atoms with Crippen LogP contribution >= 0.6 is 0 Å². The standard InChI is InChI=1S/C16H21N3O2/c20-15(13-7-4-9-17-13)18-14-8-10-19(16(14)21)11-12-5-2-1-3-6-12/h1-3,5-6,13-14,17H,4,7-11H2,(H,18,20). The van der Waals surface area contributed by atoms with Crippen molar-refractivity contribution < 1.29 is 9.59 Å². The van der Waals surface area contributed by atoms with Gasteiger partial charge in [0.15, 0.2) is 0 Å². The molecule has 1 aromatic carbocycles. The summed E-state index contributed by atoms with van der Waals surface area (Å²) < 4.78 is 0. The fourth-order valence-electron chi connectivity index (χ4n) is 3.01. The first-order valence-electron chi connectivity index (χ1n) is 7.60. The van der Waals surface area contributed by atoms with Gasteiger partial charge in [0.2, 0.25) is 11.8 Å². The highest BCUT2D eigenvalue weighted by Crippen LogP contribution is 2.16. The smallest absolute Gasteiger partial charge is 0.245 e. The molecule has 2 unspecified atom stereocenters. The van der Waals surface area contributed by atoms with Crippen LogP contribution in [0.15, 0.2) is 30.3 Å². The fourth-order valence-corrected chi connectivity index (χ4v) is 3.01. The Morgan fingerprint density at radius 1 is 1.29 bits per heavy atom. The lowest BCUT2D eigenvalue weighted by Gasteiger charge is -2.18. The second-order valence-electron chi connectivity index (χ2n) is 5.74. The molecular weight excluding hydrogens is 266 g/mol. The fraction of sp³-hybridized carbons (Fsp3) is 0.500. The number of carbonyl (C=O) groups is 2. The first-order valence-corrected chi connectivity index (χ1v) is 7.60. The first kappa shape index (κ1) is 14.1. The van der Waals surface area contributed by atoms with Gasteiger partial charge in [0.05, 0.1) is 6.04 Å². The number of amides is 2. The Balaban J connectivity index is 1.55. The van der Waals surface area contributed by atoms with E-state index in [-0.39, 0.29) is 23.9 Å². The lowest BCUT2D eigenvalue weighted by atomic mass is 10.2. The highest BCUT2D eigenvalue weighted by Gasteiger charge is 2.34. The molecule has 5 heteroatoms. The maximum absolute atomic E-state index is 12.4. The molecule has 2 heterocycles. The monoisotopic (exact) mass is 287 g/mol. The third-order valence-corrected chi connectivity index (χ3v) is 4.21. The molecule has 2 N–H and O–H groups in total. The Bertz CT molecular complexity index is 512. The Labute approximate surface area is 124 Å². The Morgan fingerprint density at radius 3 is 2.81 bits per heavy atom. The van der Waals surface area contributed by atoms with Crippen molar-refractivity contribution in [2.24, 2.45) is 0 Å². The van der Waals surface area contributed by atoms with Crippen LogP contribution in [0, 0.1) is 0 Å². The summed E-state index contributed by atoms with van der Waals surface area (Å²) in [6.07, 6.45) is 2.58. The number of likely N-dealkylation sites (tertiary alicyclic amines) is 1. The molecule has 0 bridgehead atoms. The molecule has 5 nitrogen and oxygen atoms in total. The quantitative estimate of drug-likeness (QED) is 0.855. The van der Waals surface area contributed by atoms with Crippen LogP contribution in [0.1, 0.15) is 24.8 Å². The van der Waals surface area contributed by atoms with Crippen molar-refractivity contribution in [3.63, 3.8) is 0 Å². The van der Waals surface area contributed by atoms with E-state index < -0.39 is 0 Å². The van der Waals surface area contributed by atoms with Gasteiger partial charge in [-0.25, -0.2) is 0 Å². The second-order valence-corrected chi connectivity index (χ2v) is 5.74. The van der Waals surface area contributed by atoms with E-state index in [2.05, 4.69) is 10.6 Å². The van der Waals surface area contributed by atoms with Crippen molar-refractivity contribution in [2.45, 2.75) is 37.9 Å². The zero-order valence-electron chi connectivity index (χ0n) is 12.0. The number of rotatable bonds is 4. The van der Waals surface area contributed by atoms with Gasteiger partial charge in [0.1, 0.15) is 6.04 Å². The minimum absolute atomic E-state index is 0.0326. The van der Waals surface area contributed by atoms with Crippen molar-refractivity contribution >= 4 is 11.8 Å². The summed E-state index contributed by atoms with van der Waals surface area (Å²) >= 11 is 0. The summed E-state index contributed by atoms with van der Waals surface area (Å²) in [5.41, 5.74) is 1.12. The van der Waals surface area contributed by atoms with Crippen LogP contribution in [0.3, 0.4) is 0 Å². The molecule has 0 spiro atoms. The van der Waals surface area contributed by atoms with Gasteiger partial charge >= 0.3 is 0 Å². The summed E-state index contributed by atoms with van der Waals surface area (Å²) in [5.74, 6) is -0.00221. The molecule has 112 valence electrons. The van der Waals surface area contributed by atoms with Gasteiger partial charge in [-0.1, -0.05) is 30.3 Å². The van der Waals surface area contributed by atoms with E-state index in [1.807, 2.05) is 35.2 Å². The van der Waals surface area contributed by atoms with Crippen molar-refractivity contribution in [2.75, 3.05) is 13.1 Å². The average Bonchev–Trinajstić information content (AvgIpc) is 3.14. The van der Waals surface area contributed by atoms with E-state index in [4.69, 9.17) is 0 Å². The van der Waals surface area contributed by atoms with Gasteiger partial charge in [-0.15, -0.1) is 0 Å². The van der Waals surface area contributed by atoms with Crippen LogP contribution in [0.25, 0.3) is 0 Å². The molecule has 0 radical (unpaired) electrons. The summed E-state index contributed by atoms with van der Waals surface area (Å²) in [5, 5.41) is 6.05. The van der Waals surface area contributed by atoms with Crippen LogP contribution in [-0.2, 0) is 16.1 Å². The third kappa shape index (κ3) is 3.24. The molecule has 21 heavy (non-hydrogen) atoms. The first-order chi connectivity index (χ1) is 10.2. The molecule has 0 saturated carbocycles. The van der Waals surface area contributed by atoms with Gasteiger partial charge < -0.3 is 15.5 Å². The third-order valence-electron chi connectivity index (χ3n) is 4.21. The molecule has 2 aliphatic heterocycles. The zero-order valence-corrected chi connectivity index (χ0v) is 12.0. The van der Waals surface area contributed by atoms with E-state index in [9.17, 15) is 9.59 Å². The maximum atomic E-state index is 12.4. The predicted molar refractivity (Wildman–Crippen MR) is 79.4 cm³/mol. The van der Waals surface area contributed by atoms with E-state index in [0.717, 1.165) is 24.9 Å². The summed E-state index contributed by atoms with van der Waals surface area (Å²) in [6.45, 7) is 2.21. The lowest BCUT2D eigenvalue weighted by molar-refractivity contribution is -0.133. The zero-order chi connectivity index (χ0) is 14.7. The number of nitrogens with zero attached hydrogens (tertiary/aromatic N) is 1. The number of hydrogen-bond donors (Lipinski definition) is 2. The van der Waals surface area contributed by atoms with Crippen molar-refractivity contribution in [1.29, 1.82) is 0 Å². The van der Waals surface area contributed by atoms with Gasteiger partial charge in [0.25, 0.3) is 0 Å². The highest BCUT2D eigenvalue weighted by molar-refractivity contribution is 5.91. The van der Waals surface area contributed by atoms with Gasteiger partial charge in [-0.05, 0) is 31.4 Å². The van der Waals surface area contributed by atoms with E-state index >= 15 is 0 Å². The normalized spacial score (nSPS) is 25.3. The molecule has 0 aromatic heterocycles. The highest BCUT2D eigenvalue weighted by atomic mass is 16.2.